The fraction of sp³-hybridized carbons (Fsp3) is 0.385. The smallest absolute Gasteiger partial charge is 0.334 e. The number of urea groups is 1. The summed E-state index contributed by atoms with van der Waals surface area (Å²) in [6.07, 6.45) is 2.86. The van der Waals surface area contributed by atoms with Gasteiger partial charge in [0.15, 0.2) is 17.9 Å². The number of rotatable bonds is 7. The quantitative estimate of drug-likeness (QED) is 0.391. The number of hydrogen-bond donors (Lipinski definition) is 2. The van der Waals surface area contributed by atoms with E-state index >= 15 is 0 Å². The number of aromatic nitrogens is 4. The van der Waals surface area contributed by atoms with Crippen LogP contribution in [0.15, 0.2) is 71.6 Å². The van der Waals surface area contributed by atoms with Crippen molar-refractivity contribution >= 4 is 35.7 Å². The molecule has 2 N–H and O–H groups in total. The first-order chi connectivity index (χ1) is 19.1. The largest absolute Gasteiger partial charge is 0.419 e. The highest BCUT2D eigenvalue weighted by Crippen LogP contribution is 2.37. The van der Waals surface area contributed by atoms with Crippen molar-refractivity contribution in [3.05, 3.63) is 72.2 Å². The van der Waals surface area contributed by atoms with E-state index in [2.05, 4.69) is 25.8 Å². The zero-order chi connectivity index (χ0) is 28.3. The molecule has 212 valence electrons. The maximum absolute atomic E-state index is 13.9. The Kier molecular flexibility index (Phi) is 7.86. The average molecular weight is 576 g/mol. The Hall–Kier alpha value is -3.84. The second kappa shape index (κ2) is 11.3. The third-order valence-corrected chi connectivity index (χ3v) is 7.15. The zero-order valence-corrected chi connectivity index (χ0v) is 22.5. The predicted octanol–water partition coefficient (Wildman–Crippen LogP) is 4.91. The zero-order valence-electron chi connectivity index (χ0n) is 21.7. The van der Waals surface area contributed by atoms with Crippen LogP contribution in [0.4, 0.5) is 29.6 Å². The summed E-state index contributed by atoms with van der Waals surface area (Å²) in [7, 11) is 1.75. The minimum Gasteiger partial charge on any atom is -0.334 e. The third-order valence-electron chi connectivity index (χ3n) is 6.96. The van der Waals surface area contributed by atoms with Crippen molar-refractivity contribution in [2.45, 2.75) is 56.8 Å². The van der Waals surface area contributed by atoms with Gasteiger partial charge in [0.2, 0.25) is 0 Å². The molecule has 1 fully saturated rings. The van der Waals surface area contributed by atoms with Crippen molar-refractivity contribution in [1.29, 1.82) is 0 Å². The first-order valence-electron chi connectivity index (χ1n) is 12.9. The molecule has 3 heterocycles. The monoisotopic (exact) mass is 575 g/mol. The minimum absolute atomic E-state index is 0.162. The van der Waals surface area contributed by atoms with Crippen LogP contribution in [-0.4, -0.2) is 49.5 Å². The summed E-state index contributed by atoms with van der Waals surface area (Å²) >= 11 is 5.94. The Morgan fingerprint density at radius 1 is 1.10 bits per heavy atom. The van der Waals surface area contributed by atoms with Gasteiger partial charge in [0.05, 0.1) is 5.57 Å². The van der Waals surface area contributed by atoms with E-state index in [4.69, 9.17) is 11.8 Å². The number of nitrogens with one attached hydrogen (secondary N) is 2. The molecule has 0 radical (unpaired) electrons. The van der Waals surface area contributed by atoms with Gasteiger partial charge in [-0.3, -0.25) is 24.8 Å². The fourth-order valence-corrected chi connectivity index (χ4v) is 5.19. The van der Waals surface area contributed by atoms with Crippen LogP contribution in [0.5, 0.6) is 0 Å². The molecule has 2 aliphatic rings. The van der Waals surface area contributed by atoms with E-state index < -0.39 is 23.7 Å². The van der Waals surface area contributed by atoms with Gasteiger partial charge in [-0.15, -0.1) is 5.10 Å². The summed E-state index contributed by atoms with van der Waals surface area (Å²) in [4.78, 5) is 21.0. The summed E-state index contributed by atoms with van der Waals surface area (Å²) in [5, 5.41) is 15.0. The van der Waals surface area contributed by atoms with Crippen molar-refractivity contribution < 1.29 is 18.0 Å². The third kappa shape index (κ3) is 5.99. The molecule has 5 rings (SSSR count). The number of aryl methyl sites for hydroxylation is 1. The second-order valence-electron chi connectivity index (χ2n) is 9.77. The topological polar surface area (TPSA) is 95.6 Å². The van der Waals surface area contributed by atoms with Crippen LogP contribution < -0.4 is 20.4 Å². The molecule has 2 amide bonds. The normalized spacial score (nSPS) is 18.9. The van der Waals surface area contributed by atoms with Crippen LogP contribution >= 0.6 is 11.8 Å². The van der Waals surface area contributed by atoms with Gasteiger partial charge in [-0.05, 0) is 31.2 Å². The molecular weight excluding hydrogens is 547 g/mol. The molecule has 3 aromatic rings. The van der Waals surface area contributed by atoms with E-state index in [1.807, 2.05) is 30.3 Å². The number of carbonyl (C=O) groups is 1. The van der Waals surface area contributed by atoms with Crippen LogP contribution in [0.1, 0.15) is 37.7 Å². The molecule has 1 unspecified atom stereocenters. The Morgan fingerprint density at radius 2 is 1.85 bits per heavy atom. The van der Waals surface area contributed by atoms with Crippen LogP contribution in [0.2, 0.25) is 0 Å². The standard InChI is InChI=1S/C26H29ClF3N9O/c1-36-14-10-22(34-36)39(24(40)32-16-19-8-4-2-5-9-19)25(12-6-3-7-13-25)33-23-31-17-20(26(28,29)30)18-37(23)21-11-15-38(27)35-21/h2,4-5,8-11,14-15,17-18,23,33H,3,6-7,12-13,16H2,1H3,(H,32,40). The summed E-state index contributed by atoms with van der Waals surface area (Å²) in [6.45, 7) is 0.289. The molecule has 1 aliphatic carbocycles. The fourth-order valence-electron chi connectivity index (χ4n) is 5.05. The van der Waals surface area contributed by atoms with Crippen LogP contribution in [0, 0.1) is 0 Å². The lowest BCUT2D eigenvalue weighted by molar-refractivity contribution is -0.0861. The summed E-state index contributed by atoms with van der Waals surface area (Å²) in [5.41, 5.74) is -1.03. The summed E-state index contributed by atoms with van der Waals surface area (Å²) in [5.74, 6) is 0.570. The SMILES string of the molecule is Cn1ccc(N(C(=O)NCc2ccccc2)C2(NC3N=CC(C(F)(F)F)=CN3c3ccn(Cl)n3)CCCCC2)n1. The van der Waals surface area contributed by atoms with Crippen molar-refractivity contribution in [3.63, 3.8) is 0 Å². The van der Waals surface area contributed by atoms with E-state index in [9.17, 15) is 18.0 Å². The number of halogens is 4. The lowest BCUT2D eigenvalue weighted by Gasteiger charge is -2.48. The maximum atomic E-state index is 13.9. The van der Waals surface area contributed by atoms with Crippen molar-refractivity contribution in [2.24, 2.45) is 12.0 Å². The number of benzene rings is 1. The summed E-state index contributed by atoms with van der Waals surface area (Å²) < 4.78 is 43.5. The Labute approximate surface area is 234 Å². The van der Waals surface area contributed by atoms with Crippen LogP contribution in [-0.2, 0) is 13.6 Å². The lowest BCUT2D eigenvalue weighted by atomic mass is 9.87. The molecule has 40 heavy (non-hydrogen) atoms. The minimum atomic E-state index is -4.61. The van der Waals surface area contributed by atoms with Gasteiger partial charge in [-0.25, -0.2) is 4.79 Å². The maximum Gasteiger partial charge on any atom is 0.419 e. The van der Waals surface area contributed by atoms with E-state index in [0.717, 1.165) is 41.4 Å². The van der Waals surface area contributed by atoms with Gasteiger partial charge in [0, 0.05) is 62.3 Å². The molecule has 0 bridgehead atoms. The highest BCUT2D eigenvalue weighted by atomic mass is 35.5. The second-order valence-corrected chi connectivity index (χ2v) is 10.1. The van der Waals surface area contributed by atoms with E-state index in [1.165, 1.54) is 17.2 Å². The number of nitrogens with zero attached hydrogens (tertiary/aromatic N) is 7. The molecule has 0 spiro atoms. The average Bonchev–Trinajstić information content (AvgIpc) is 3.56. The highest BCUT2D eigenvalue weighted by molar-refractivity contribution is 6.14. The molecule has 0 saturated heterocycles. The Balaban J connectivity index is 1.51. The van der Waals surface area contributed by atoms with E-state index in [0.29, 0.717) is 18.7 Å². The summed E-state index contributed by atoms with van der Waals surface area (Å²) in [6, 6.07) is 12.3. The first kappa shape index (κ1) is 27.7. The molecule has 14 heteroatoms. The molecule has 10 nitrogen and oxygen atoms in total. The van der Waals surface area contributed by atoms with Gasteiger partial charge < -0.3 is 5.32 Å². The molecule has 1 saturated carbocycles. The van der Waals surface area contributed by atoms with Crippen molar-refractivity contribution in [2.75, 3.05) is 9.80 Å². The van der Waals surface area contributed by atoms with E-state index in [-0.39, 0.29) is 18.4 Å². The first-order valence-corrected chi connectivity index (χ1v) is 13.2. The molecule has 1 aliphatic heterocycles. The van der Waals surface area contributed by atoms with Crippen LogP contribution in [0.25, 0.3) is 0 Å². The van der Waals surface area contributed by atoms with Crippen LogP contribution in [0.3, 0.4) is 0 Å². The highest BCUT2D eigenvalue weighted by Gasteiger charge is 2.46. The number of amides is 2. The van der Waals surface area contributed by atoms with Crippen molar-refractivity contribution in [3.8, 4) is 0 Å². The molecule has 1 aromatic carbocycles. The Morgan fingerprint density at radius 3 is 2.48 bits per heavy atom. The molecular formula is C26H29ClF3N9O. The number of anilines is 2. The number of carbonyl (C=O) groups excluding carboxylic acids is 1. The lowest BCUT2D eigenvalue weighted by Crippen LogP contribution is -2.68. The van der Waals surface area contributed by atoms with Gasteiger partial charge in [-0.2, -0.15) is 22.5 Å². The van der Waals surface area contributed by atoms with Gasteiger partial charge in [0.25, 0.3) is 0 Å². The Bertz CT molecular complexity index is 1380. The number of hydrogen-bond acceptors (Lipinski definition) is 6. The molecule has 2 aromatic heterocycles. The van der Waals surface area contributed by atoms with Gasteiger partial charge in [-0.1, -0.05) is 36.8 Å². The molecule has 1 atom stereocenters. The van der Waals surface area contributed by atoms with Crippen molar-refractivity contribution in [1.82, 2.24) is 29.7 Å². The van der Waals surface area contributed by atoms with Gasteiger partial charge >= 0.3 is 12.2 Å². The van der Waals surface area contributed by atoms with E-state index in [1.54, 1.807) is 28.9 Å². The predicted molar refractivity (Wildman–Crippen MR) is 146 cm³/mol. The number of allylic oxidation sites excluding steroid dienone is 1. The number of aliphatic imine (C=N–C) groups is 1. The van der Waals surface area contributed by atoms with Gasteiger partial charge in [0.1, 0.15) is 5.66 Å². The number of alkyl halides is 3.